The summed E-state index contributed by atoms with van der Waals surface area (Å²) in [5.41, 5.74) is 4.68. The molecule has 2 aromatic carbocycles. The number of hydrogen-bond acceptors (Lipinski definition) is 4. The maximum Gasteiger partial charge on any atom is 0.220 e. The molecule has 0 aliphatic rings. The van der Waals surface area contributed by atoms with Crippen LogP contribution in [0.5, 0.6) is 0 Å². The number of oxazole rings is 1. The third-order valence-corrected chi connectivity index (χ3v) is 4.87. The molecule has 0 unspecified atom stereocenters. The maximum absolute atomic E-state index is 12.1. The first-order valence-electron chi connectivity index (χ1n) is 10.1. The van der Waals surface area contributed by atoms with Gasteiger partial charge in [0, 0.05) is 44.7 Å². The van der Waals surface area contributed by atoms with Crippen LogP contribution in [-0.2, 0) is 17.6 Å². The molecule has 0 saturated carbocycles. The van der Waals surface area contributed by atoms with Gasteiger partial charge in [0.1, 0.15) is 0 Å². The van der Waals surface area contributed by atoms with Gasteiger partial charge < -0.3 is 14.6 Å². The predicted octanol–water partition coefficient (Wildman–Crippen LogP) is 4.40. The van der Waals surface area contributed by atoms with Crippen LogP contribution in [0, 0.1) is 6.92 Å². The number of nitrogens with zero attached hydrogens (tertiary/aromatic N) is 2. The summed E-state index contributed by atoms with van der Waals surface area (Å²) in [6.45, 7) is 2.73. The summed E-state index contributed by atoms with van der Waals surface area (Å²) in [5, 5.41) is 2.98. The van der Waals surface area contributed by atoms with Crippen molar-refractivity contribution in [2.24, 2.45) is 0 Å². The van der Waals surface area contributed by atoms with Crippen LogP contribution in [0.15, 0.2) is 59.1 Å². The van der Waals surface area contributed by atoms with Crippen LogP contribution < -0.4 is 10.2 Å². The topological polar surface area (TPSA) is 58.4 Å². The molecule has 29 heavy (non-hydrogen) atoms. The Labute approximate surface area is 172 Å². The number of benzene rings is 2. The zero-order chi connectivity index (χ0) is 20.6. The molecule has 0 spiro atoms. The molecular formula is C24H29N3O2. The molecule has 0 atom stereocenters. The summed E-state index contributed by atoms with van der Waals surface area (Å²) < 4.78 is 5.78. The molecule has 0 radical (unpaired) electrons. The standard InChI is InChI=1S/C24H29N3O2/c1-18-6-10-20(11-7-18)22-17-26-24(29-22)15-14-23(28)25-16-4-5-19-8-12-21(13-9-19)27(2)3/h6-13,17H,4-5,14-16H2,1-3H3,(H,25,28). The molecule has 0 saturated heterocycles. The van der Waals surface area contributed by atoms with E-state index in [2.05, 4.69) is 46.4 Å². The minimum absolute atomic E-state index is 0.0306. The Morgan fingerprint density at radius 2 is 1.76 bits per heavy atom. The molecule has 1 N–H and O–H groups in total. The van der Waals surface area contributed by atoms with Gasteiger partial charge in [0.25, 0.3) is 0 Å². The minimum Gasteiger partial charge on any atom is -0.441 e. The number of carbonyl (C=O) groups excluding carboxylic acids is 1. The Morgan fingerprint density at radius 1 is 1.03 bits per heavy atom. The lowest BCUT2D eigenvalue weighted by atomic mass is 10.1. The van der Waals surface area contributed by atoms with E-state index >= 15 is 0 Å². The lowest BCUT2D eigenvalue weighted by Crippen LogP contribution is -2.25. The first-order valence-corrected chi connectivity index (χ1v) is 10.1. The third-order valence-electron chi connectivity index (χ3n) is 4.87. The lowest BCUT2D eigenvalue weighted by Gasteiger charge is -2.12. The van der Waals surface area contributed by atoms with Crippen LogP contribution >= 0.6 is 0 Å². The Morgan fingerprint density at radius 3 is 2.45 bits per heavy atom. The van der Waals surface area contributed by atoms with E-state index in [1.807, 2.05) is 38.4 Å². The second-order valence-corrected chi connectivity index (χ2v) is 7.50. The van der Waals surface area contributed by atoms with E-state index in [-0.39, 0.29) is 5.91 Å². The molecular weight excluding hydrogens is 362 g/mol. The van der Waals surface area contributed by atoms with Gasteiger partial charge >= 0.3 is 0 Å². The smallest absolute Gasteiger partial charge is 0.220 e. The number of rotatable bonds is 9. The highest BCUT2D eigenvalue weighted by Crippen LogP contribution is 2.21. The Balaban J connectivity index is 1.36. The normalized spacial score (nSPS) is 10.7. The van der Waals surface area contributed by atoms with Gasteiger partial charge in [-0.3, -0.25) is 4.79 Å². The molecule has 0 fully saturated rings. The largest absolute Gasteiger partial charge is 0.441 e. The molecule has 3 aromatic rings. The molecule has 1 amide bonds. The van der Waals surface area contributed by atoms with Gasteiger partial charge in [-0.15, -0.1) is 0 Å². The summed E-state index contributed by atoms with van der Waals surface area (Å²) in [7, 11) is 4.07. The highest BCUT2D eigenvalue weighted by molar-refractivity contribution is 5.76. The Hall–Kier alpha value is -3.08. The molecule has 1 aromatic heterocycles. The predicted molar refractivity (Wildman–Crippen MR) is 117 cm³/mol. The lowest BCUT2D eigenvalue weighted by molar-refractivity contribution is -0.121. The molecule has 1 heterocycles. The van der Waals surface area contributed by atoms with Gasteiger partial charge in [-0.25, -0.2) is 4.98 Å². The number of amides is 1. The van der Waals surface area contributed by atoms with Crippen molar-refractivity contribution in [3.63, 3.8) is 0 Å². The van der Waals surface area contributed by atoms with Crippen LogP contribution in [0.4, 0.5) is 5.69 Å². The quantitative estimate of drug-likeness (QED) is 0.549. The molecule has 5 heteroatoms. The van der Waals surface area contributed by atoms with Crippen molar-refractivity contribution in [1.29, 1.82) is 0 Å². The summed E-state index contributed by atoms with van der Waals surface area (Å²) in [4.78, 5) is 18.5. The second kappa shape index (κ2) is 9.92. The summed E-state index contributed by atoms with van der Waals surface area (Å²) in [6, 6.07) is 16.6. The van der Waals surface area contributed by atoms with Crippen LogP contribution in [0.2, 0.25) is 0 Å². The molecule has 5 nitrogen and oxygen atoms in total. The first kappa shape index (κ1) is 20.6. The number of aryl methyl sites for hydroxylation is 3. The van der Waals surface area contributed by atoms with Gasteiger partial charge in [-0.1, -0.05) is 42.0 Å². The van der Waals surface area contributed by atoms with Crippen molar-refractivity contribution in [3.05, 3.63) is 71.7 Å². The number of hydrogen-bond donors (Lipinski definition) is 1. The van der Waals surface area contributed by atoms with Gasteiger partial charge in [-0.2, -0.15) is 0 Å². The Kier molecular flexibility index (Phi) is 7.06. The van der Waals surface area contributed by atoms with Crippen molar-refractivity contribution >= 4 is 11.6 Å². The van der Waals surface area contributed by atoms with Crippen molar-refractivity contribution in [2.45, 2.75) is 32.6 Å². The number of anilines is 1. The van der Waals surface area contributed by atoms with Gasteiger partial charge in [-0.05, 0) is 37.5 Å². The van der Waals surface area contributed by atoms with E-state index in [9.17, 15) is 4.79 Å². The van der Waals surface area contributed by atoms with Crippen molar-refractivity contribution in [2.75, 3.05) is 25.5 Å². The fourth-order valence-corrected chi connectivity index (χ4v) is 3.07. The van der Waals surface area contributed by atoms with E-state index in [0.29, 0.717) is 25.3 Å². The number of carbonyl (C=O) groups is 1. The monoisotopic (exact) mass is 391 g/mol. The second-order valence-electron chi connectivity index (χ2n) is 7.50. The highest BCUT2D eigenvalue weighted by atomic mass is 16.4. The minimum atomic E-state index is 0.0306. The highest BCUT2D eigenvalue weighted by Gasteiger charge is 2.09. The zero-order valence-corrected chi connectivity index (χ0v) is 17.4. The van der Waals surface area contributed by atoms with Gasteiger partial charge in [0.15, 0.2) is 11.7 Å². The number of nitrogens with one attached hydrogen (secondary N) is 1. The molecule has 3 rings (SSSR count). The van der Waals surface area contributed by atoms with Crippen molar-refractivity contribution < 1.29 is 9.21 Å². The van der Waals surface area contributed by atoms with Crippen molar-refractivity contribution in [3.8, 4) is 11.3 Å². The molecule has 152 valence electrons. The summed E-state index contributed by atoms with van der Waals surface area (Å²) >= 11 is 0. The fourth-order valence-electron chi connectivity index (χ4n) is 3.07. The van der Waals surface area contributed by atoms with Crippen LogP contribution in [0.3, 0.4) is 0 Å². The van der Waals surface area contributed by atoms with Crippen LogP contribution in [0.25, 0.3) is 11.3 Å². The summed E-state index contributed by atoms with van der Waals surface area (Å²) in [6.07, 6.45) is 4.48. The van der Waals surface area contributed by atoms with Gasteiger partial charge in [0.05, 0.1) is 6.20 Å². The average molecular weight is 392 g/mol. The maximum atomic E-state index is 12.1. The fraction of sp³-hybridized carbons (Fsp3) is 0.333. The summed E-state index contributed by atoms with van der Waals surface area (Å²) in [5.74, 6) is 1.36. The Bertz CT molecular complexity index is 912. The average Bonchev–Trinajstić information content (AvgIpc) is 3.19. The first-order chi connectivity index (χ1) is 14.0. The molecule has 0 bridgehead atoms. The van der Waals surface area contributed by atoms with E-state index in [4.69, 9.17) is 4.42 Å². The van der Waals surface area contributed by atoms with Crippen LogP contribution in [0.1, 0.15) is 29.9 Å². The van der Waals surface area contributed by atoms with Gasteiger partial charge in [0.2, 0.25) is 5.91 Å². The van der Waals surface area contributed by atoms with E-state index in [0.717, 1.165) is 24.2 Å². The van der Waals surface area contributed by atoms with Crippen LogP contribution in [-0.4, -0.2) is 31.5 Å². The number of aromatic nitrogens is 1. The third kappa shape index (κ3) is 6.21. The molecule has 0 aliphatic carbocycles. The van der Waals surface area contributed by atoms with E-state index in [1.54, 1.807) is 6.20 Å². The van der Waals surface area contributed by atoms with E-state index < -0.39 is 0 Å². The van der Waals surface area contributed by atoms with E-state index in [1.165, 1.54) is 16.8 Å². The zero-order valence-electron chi connectivity index (χ0n) is 17.4. The SMILES string of the molecule is Cc1ccc(-c2cnc(CCC(=O)NCCCc3ccc(N(C)C)cc3)o2)cc1. The van der Waals surface area contributed by atoms with Crippen molar-refractivity contribution in [1.82, 2.24) is 10.3 Å². The molecule has 0 aliphatic heterocycles.